The van der Waals surface area contributed by atoms with Gasteiger partial charge in [-0.05, 0) is 68.8 Å². The fourth-order valence-electron chi connectivity index (χ4n) is 4.81. The molecular weight excluding hydrogens is 554 g/mol. The van der Waals surface area contributed by atoms with Gasteiger partial charge in [0.15, 0.2) is 0 Å². The lowest BCUT2D eigenvalue weighted by Crippen LogP contribution is -2.26. The van der Waals surface area contributed by atoms with Crippen molar-refractivity contribution in [1.82, 2.24) is 34.5 Å². The Morgan fingerprint density at radius 3 is 2.50 bits per heavy atom. The first kappa shape index (κ1) is 27.3. The molecule has 0 bridgehead atoms. The molecule has 214 valence electrons. The highest BCUT2D eigenvalue weighted by Crippen LogP contribution is 2.34. The number of nitrogens with zero attached hydrogens (tertiary/aromatic N) is 7. The van der Waals surface area contributed by atoms with Crippen LogP contribution >= 0.6 is 0 Å². The summed E-state index contributed by atoms with van der Waals surface area (Å²) in [6.07, 6.45) is 6.78. The molecule has 0 amide bonds. The fourth-order valence-corrected chi connectivity index (χ4v) is 5.85. The number of anilines is 3. The molecule has 0 unspecified atom stereocenters. The number of benzene rings is 2. The van der Waals surface area contributed by atoms with Crippen molar-refractivity contribution in [2.45, 2.75) is 37.8 Å². The van der Waals surface area contributed by atoms with Gasteiger partial charge in [-0.2, -0.15) is 5.10 Å². The van der Waals surface area contributed by atoms with Crippen LogP contribution in [-0.4, -0.2) is 53.6 Å². The van der Waals surface area contributed by atoms with Crippen LogP contribution in [0.4, 0.5) is 17.5 Å². The van der Waals surface area contributed by atoms with Crippen molar-refractivity contribution in [2.24, 2.45) is 7.05 Å². The Hall–Kier alpha value is -4.88. The molecule has 0 saturated heterocycles. The fraction of sp³-hybridized carbons (Fsp3) is 0.207. The first-order valence-electron chi connectivity index (χ1n) is 13.1. The molecule has 0 aliphatic heterocycles. The Morgan fingerprint density at radius 1 is 1.00 bits per heavy atom. The van der Waals surface area contributed by atoms with Crippen LogP contribution in [0.5, 0.6) is 0 Å². The molecule has 0 aliphatic rings. The molecule has 6 aromatic rings. The van der Waals surface area contributed by atoms with Crippen LogP contribution in [0.15, 0.2) is 78.3 Å². The van der Waals surface area contributed by atoms with E-state index in [1.165, 1.54) is 23.0 Å². The first-order valence-corrected chi connectivity index (χ1v) is 14.6. The zero-order valence-electron chi connectivity index (χ0n) is 23.4. The summed E-state index contributed by atoms with van der Waals surface area (Å²) < 4.78 is 31.2. The number of pyridine rings is 2. The number of hydrogen-bond acceptors (Lipinski definition) is 9. The normalized spacial score (nSPS) is 12.2. The highest BCUT2D eigenvalue weighted by Gasteiger charge is 2.19. The van der Waals surface area contributed by atoms with Crippen molar-refractivity contribution in [3.8, 4) is 11.3 Å². The summed E-state index contributed by atoms with van der Waals surface area (Å²) in [4.78, 5) is 9.37. The standard InChI is InChI=1S/C29H29N9O3S/c1-18-22(9-10-25-24(18)15-33-38(25)16-29(2,3)39)27-23-13-26(31-14-19(23)11-12-30-27)34-20-5-7-21(8-6-20)42(40,41)36-28-35-32-17-37(28)4/h5-15,17,39H,16H2,1-4H3,(H,31,34)(H,35,36). The molecule has 0 fully saturated rings. The summed E-state index contributed by atoms with van der Waals surface area (Å²) in [7, 11) is -2.18. The highest BCUT2D eigenvalue weighted by atomic mass is 32.2. The van der Waals surface area contributed by atoms with Gasteiger partial charge in [-0.25, -0.2) is 18.1 Å². The Bertz CT molecular complexity index is 2040. The Balaban J connectivity index is 1.29. The number of nitrogens with one attached hydrogen (secondary N) is 2. The molecule has 4 aromatic heterocycles. The molecule has 0 radical (unpaired) electrons. The number of fused-ring (bicyclic) bond motifs is 2. The topological polar surface area (TPSA) is 153 Å². The lowest BCUT2D eigenvalue weighted by atomic mass is 9.98. The van der Waals surface area contributed by atoms with Gasteiger partial charge in [0.25, 0.3) is 10.0 Å². The summed E-state index contributed by atoms with van der Waals surface area (Å²) in [6, 6.07) is 14.2. The predicted molar refractivity (Wildman–Crippen MR) is 161 cm³/mol. The Kier molecular flexibility index (Phi) is 6.62. The average Bonchev–Trinajstić information content (AvgIpc) is 3.53. The number of rotatable bonds is 8. The molecule has 12 nitrogen and oxygen atoms in total. The van der Waals surface area contributed by atoms with Crippen molar-refractivity contribution in [3.05, 3.63) is 79.0 Å². The molecule has 0 atom stereocenters. The van der Waals surface area contributed by atoms with E-state index in [2.05, 4.69) is 30.3 Å². The molecule has 13 heteroatoms. The van der Waals surface area contributed by atoms with Crippen LogP contribution in [0.25, 0.3) is 32.9 Å². The molecule has 0 aliphatic carbocycles. The lowest BCUT2D eigenvalue weighted by molar-refractivity contribution is 0.0591. The molecule has 2 aromatic carbocycles. The maximum Gasteiger partial charge on any atom is 0.264 e. The second-order valence-corrected chi connectivity index (χ2v) is 12.4. The molecular formula is C29H29N9O3S. The lowest BCUT2D eigenvalue weighted by Gasteiger charge is -2.18. The van der Waals surface area contributed by atoms with E-state index >= 15 is 0 Å². The molecule has 42 heavy (non-hydrogen) atoms. The van der Waals surface area contributed by atoms with Crippen molar-refractivity contribution in [2.75, 3.05) is 10.0 Å². The van der Waals surface area contributed by atoms with Crippen LogP contribution in [0, 0.1) is 6.92 Å². The number of aliphatic hydroxyl groups is 1. The average molecular weight is 584 g/mol. The van der Waals surface area contributed by atoms with E-state index in [9.17, 15) is 13.5 Å². The van der Waals surface area contributed by atoms with Gasteiger partial charge in [-0.3, -0.25) is 9.67 Å². The summed E-state index contributed by atoms with van der Waals surface area (Å²) in [5.74, 6) is 0.709. The van der Waals surface area contributed by atoms with Gasteiger partial charge in [0, 0.05) is 46.9 Å². The minimum Gasteiger partial charge on any atom is -0.389 e. The quantitative estimate of drug-likeness (QED) is 0.237. The summed E-state index contributed by atoms with van der Waals surface area (Å²) in [5, 5.41) is 28.4. The minimum absolute atomic E-state index is 0.0887. The largest absolute Gasteiger partial charge is 0.389 e. The Labute approximate surface area is 242 Å². The number of hydrogen-bond donors (Lipinski definition) is 3. The van der Waals surface area contributed by atoms with Crippen molar-refractivity contribution >= 4 is 49.2 Å². The van der Waals surface area contributed by atoms with Crippen molar-refractivity contribution < 1.29 is 13.5 Å². The molecule has 3 N–H and O–H groups in total. The van der Waals surface area contributed by atoms with E-state index in [1.54, 1.807) is 45.4 Å². The van der Waals surface area contributed by atoms with Crippen LogP contribution in [0.1, 0.15) is 19.4 Å². The number of aryl methyl sites for hydroxylation is 2. The van der Waals surface area contributed by atoms with E-state index in [0.717, 1.165) is 38.5 Å². The monoisotopic (exact) mass is 583 g/mol. The second-order valence-electron chi connectivity index (χ2n) is 10.8. The highest BCUT2D eigenvalue weighted by molar-refractivity contribution is 7.92. The number of aromatic nitrogens is 7. The molecule has 4 heterocycles. The van der Waals surface area contributed by atoms with Gasteiger partial charge in [-0.15, -0.1) is 10.2 Å². The zero-order valence-corrected chi connectivity index (χ0v) is 24.3. The maximum atomic E-state index is 12.8. The van der Waals surface area contributed by atoms with E-state index in [4.69, 9.17) is 4.98 Å². The smallest absolute Gasteiger partial charge is 0.264 e. The third-order valence-electron chi connectivity index (χ3n) is 6.91. The third kappa shape index (κ3) is 5.27. The van der Waals surface area contributed by atoms with E-state index in [-0.39, 0.29) is 10.8 Å². The maximum absolute atomic E-state index is 12.8. The van der Waals surface area contributed by atoms with Crippen molar-refractivity contribution in [3.63, 3.8) is 0 Å². The Morgan fingerprint density at radius 2 is 1.79 bits per heavy atom. The van der Waals surface area contributed by atoms with E-state index in [1.807, 2.05) is 42.1 Å². The van der Waals surface area contributed by atoms with Gasteiger partial charge in [0.1, 0.15) is 12.1 Å². The van der Waals surface area contributed by atoms with Crippen LogP contribution in [0.3, 0.4) is 0 Å². The van der Waals surface area contributed by atoms with Gasteiger partial charge in [-0.1, -0.05) is 6.07 Å². The predicted octanol–water partition coefficient (Wildman–Crippen LogP) is 4.40. The van der Waals surface area contributed by atoms with E-state index in [0.29, 0.717) is 18.1 Å². The first-order chi connectivity index (χ1) is 20.0. The van der Waals surface area contributed by atoms with Gasteiger partial charge in [0.2, 0.25) is 5.95 Å². The number of sulfonamides is 1. The second kappa shape index (κ2) is 10.2. The summed E-state index contributed by atoms with van der Waals surface area (Å²) in [5.41, 5.74) is 3.54. The third-order valence-corrected chi connectivity index (χ3v) is 8.25. The van der Waals surface area contributed by atoms with Crippen molar-refractivity contribution in [1.29, 1.82) is 0 Å². The van der Waals surface area contributed by atoms with Gasteiger partial charge in [0.05, 0.1) is 34.4 Å². The summed E-state index contributed by atoms with van der Waals surface area (Å²) in [6.45, 7) is 5.95. The van der Waals surface area contributed by atoms with Gasteiger partial charge >= 0.3 is 0 Å². The zero-order chi connectivity index (χ0) is 29.6. The van der Waals surface area contributed by atoms with Gasteiger partial charge < -0.3 is 15.0 Å². The molecule has 0 spiro atoms. The summed E-state index contributed by atoms with van der Waals surface area (Å²) >= 11 is 0. The minimum atomic E-state index is -3.83. The SMILES string of the molecule is Cc1c(-c2nccc3cnc(Nc4ccc(S(=O)(=O)Nc5nncn5C)cc4)cc23)ccc2c1cnn2CC(C)(C)O. The molecule has 6 rings (SSSR count). The van der Waals surface area contributed by atoms with Crippen LogP contribution in [0.2, 0.25) is 0 Å². The van der Waals surface area contributed by atoms with Crippen LogP contribution in [-0.2, 0) is 23.6 Å². The molecule has 0 saturated carbocycles. The van der Waals surface area contributed by atoms with Crippen LogP contribution < -0.4 is 10.0 Å². The van der Waals surface area contributed by atoms with E-state index < -0.39 is 15.6 Å².